The van der Waals surface area contributed by atoms with Gasteiger partial charge in [-0.25, -0.2) is 17.6 Å². The molecule has 3 N–H and O–H groups in total. The third-order valence-corrected chi connectivity index (χ3v) is 8.72. The molecule has 3 aliphatic rings. The summed E-state index contributed by atoms with van der Waals surface area (Å²) in [4.78, 5) is 40.7. The van der Waals surface area contributed by atoms with E-state index in [-0.39, 0.29) is 19.4 Å². The summed E-state index contributed by atoms with van der Waals surface area (Å²) >= 11 is 0. The van der Waals surface area contributed by atoms with Crippen LogP contribution in [-0.2, 0) is 30.0 Å². The predicted octanol–water partition coefficient (Wildman–Crippen LogP) is 1.69. The van der Waals surface area contributed by atoms with Crippen LogP contribution in [0.2, 0.25) is 0 Å². The van der Waals surface area contributed by atoms with Gasteiger partial charge in [-0.1, -0.05) is 18.2 Å². The fourth-order valence-electron chi connectivity index (χ4n) is 4.62. The van der Waals surface area contributed by atoms with Gasteiger partial charge in [0.05, 0.1) is 11.8 Å². The van der Waals surface area contributed by atoms with Crippen LogP contribution in [0.3, 0.4) is 0 Å². The van der Waals surface area contributed by atoms with Crippen molar-refractivity contribution in [3.05, 3.63) is 48.3 Å². The van der Waals surface area contributed by atoms with Gasteiger partial charge in [0, 0.05) is 12.3 Å². The third kappa shape index (κ3) is 5.49. The minimum absolute atomic E-state index is 0.135. The van der Waals surface area contributed by atoms with E-state index in [9.17, 15) is 32.3 Å². The second-order valence-corrected chi connectivity index (χ2v) is 13.0. The van der Waals surface area contributed by atoms with Crippen molar-refractivity contribution >= 4 is 27.9 Å². The Labute approximate surface area is 215 Å². The molecule has 0 bridgehead atoms. The minimum atomic E-state index is -3.86. The number of sulfonamides is 1. The molecular weight excluding hydrogens is 505 g/mol. The Morgan fingerprint density at radius 2 is 1.81 bits per heavy atom. The van der Waals surface area contributed by atoms with Crippen molar-refractivity contribution in [2.24, 2.45) is 5.92 Å². The lowest BCUT2D eigenvalue weighted by molar-refractivity contribution is -0.131. The zero-order chi connectivity index (χ0) is 27.4. The molecule has 2 saturated carbocycles. The van der Waals surface area contributed by atoms with E-state index >= 15 is 0 Å². The Balaban J connectivity index is 1.59. The van der Waals surface area contributed by atoms with Gasteiger partial charge in [0.1, 0.15) is 28.6 Å². The summed E-state index contributed by atoms with van der Waals surface area (Å²) in [6.45, 7) is 8.31. The summed E-state index contributed by atoms with van der Waals surface area (Å²) in [7, 11) is -3.86. The average Bonchev–Trinajstić information content (AvgIpc) is 3.70. The van der Waals surface area contributed by atoms with Gasteiger partial charge in [-0.3, -0.25) is 19.2 Å². The van der Waals surface area contributed by atoms with Gasteiger partial charge in [0.25, 0.3) is 5.91 Å². The molecule has 0 radical (unpaired) electrons. The Bertz CT molecular complexity index is 1230. The summed E-state index contributed by atoms with van der Waals surface area (Å²) < 4.78 is 45.7. The molecule has 1 aliphatic heterocycles. The summed E-state index contributed by atoms with van der Waals surface area (Å²) in [5, 5.41) is 13.4. The minimum Gasteiger partial charge on any atom is -0.444 e. The van der Waals surface area contributed by atoms with Crippen molar-refractivity contribution in [1.82, 2.24) is 14.9 Å². The van der Waals surface area contributed by atoms with Crippen LogP contribution in [0.4, 0.5) is 9.18 Å². The van der Waals surface area contributed by atoms with E-state index in [0.29, 0.717) is 18.4 Å². The third-order valence-electron chi connectivity index (χ3n) is 6.90. The molecule has 0 spiro atoms. The number of halogens is 1. The van der Waals surface area contributed by atoms with Crippen LogP contribution in [0.15, 0.2) is 36.9 Å². The summed E-state index contributed by atoms with van der Waals surface area (Å²) in [5.41, 5.74) is -3.83. The highest BCUT2D eigenvalue weighted by molar-refractivity contribution is 7.91. The highest BCUT2D eigenvalue weighted by atomic mass is 32.2. The predicted molar refractivity (Wildman–Crippen MR) is 131 cm³/mol. The number of benzene rings is 1. The first-order valence-corrected chi connectivity index (χ1v) is 13.6. The van der Waals surface area contributed by atoms with Gasteiger partial charge in [-0.05, 0) is 57.7 Å². The lowest BCUT2D eigenvalue weighted by atomic mass is 9.91. The van der Waals surface area contributed by atoms with E-state index in [1.54, 1.807) is 20.8 Å². The number of ether oxygens (including phenoxy) is 1. The maximum absolute atomic E-state index is 13.5. The van der Waals surface area contributed by atoms with Gasteiger partial charge in [-0.2, -0.15) is 0 Å². The van der Waals surface area contributed by atoms with Crippen LogP contribution in [-0.4, -0.2) is 65.3 Å². The second-order valence-electron chi connectivity index (χ2n) is 11.0. The maximum Gasteiger partial charge on any atom is 0.411 e. The molecule has 0 aromatic heterocycles. The van der Waals surface area contributed by atoms with Crippen LogP contribution in [0.1, 0.15) is 52.0 Å². The van der Waals surface area contributed by atoms with Crippen molar-refractivity contribution in [1.29, 1.82) is 0 Å². The fourth-order valence-corrected chi connectivity index (χ4v) is 5.99. The van der Waals surface area contributed by atoms with Gasteiger partial charge < -0.3 is 15.2 Å². The Morgan fingerprint density at radius 3 is 2.32 bits per heavy atom. The molecule has 0 unspecified atom stereocenters. The molecule has 202 valence electrons. The molecule has 3 fully saturated rings. The Kier molecular flexibility index (Phi) is 6.64. The highest BCUT2D eigenvalue weighted by Crippen LogP contribution is 2.46. The molecule has 1 heterocycles. The number of β-amino-alcohol motifs (C(OH)–C–C–N with tert-alkyl or cyclic N) is 1. The normalized spacial score (nSPS) is 29.4. The van der Waals surface area contributed by atoms with E-state index in [0.717, 1.165) is 17.0 Å². The van der Waals surface area contributed by atoms with Gasteiger partial charge in [-0.15, -0.1) is 6.58 Å². The van der Waals surface area contributed by atoms with Crippen molar-refractivity contribution in [3.8, 4) is 0 Å². The van der Waals surface area contributed by atoms with Gasteiger partial charge >= 0.3 is 6.09 Å². The first kappa shape index (κ1) is 27.1. The number of amides is 3. The number of likely N-dealkylation sites (tertiary alicyclic amines) is 1. The van der Waals surface area contributed by atoms with Crippen molar-refractivity contribution in [2.45, 2.75) is 74.5 Å². The summed E-state index contributed by atoms with van der Waals surface area (Å²) in [5.74, 6) is -2.65. The summed E-state index contributed by atoms with van der Waals surface area (Å²) in [6, 6.07) is 3.82. The van der Waals surface area contributed by atoms with Crippen molar-refractivity contribution in [3.63, 3.8) is 0 Å². The standard InChI is InChI=1S/C25H32FN3O7S/c1-5-15-12-25(15,21(31)28-37(34,35)18-10-11-18)27-20(30)19-13-24(33,16-6-8-17(26)9-7-16)14-29(19)22(32)36-23(2,3)4/h5-9,15,18-19,33H,1,10-14H2,2-4H3,(H,27,30)(H,28,31)/t15-,19+,24+,25-/m1/s1. The molecule has 1 aromatic rings. The van der Waals surface area contributed by atoms with E-state index < -0.39 is 67.7 Å². The number of carbonyl (C=O) groups excluding carboxylic acids is 3. The largest absolute Gasteiger partial charge is 0.444 e. The van der Waals surface area contributed by atoms with Crippen LogP contribution < -0.4 is 10.0 Å². The number of aliphatic hydroxyl groups is 1. The molecule has 10 nitrogen and oxygen atoms in total. The smallest absolute Gasteiger partial charge is 0.411 e. The molecule has 1 aromatic carbocycles. The number of nitrogens with one attached hydrogen (secondary N) is 2. The van der Waals surface area contributed by atoms with Crippen molar-refractivity contribution in [2.75, 3.05) is 6.54 Å². The number of nitrogens with zero attached hydrogens (tertiary/aromatic N) is 1. The molecule has 4 rings (SSSR count). The number of carbonyl (C=O) groups is 3. The van der Waals surface area contributed by atoms with Crippen LogP contribution >= 0.6 is 0 Å². The zero-order valence-corrected chi connectivity index (χ0v) is 21.8. The Morgan fingerprint density at radius 1 is 1.19 bits per heavy atom. The first-order valence-electron chi connectivity index (χ1n) is 12.1. The van der Waals surface area contributed by atoms with E-state index in [1.807, 2.05) is 0 Å². The van der Waals surface area contributed by atoms with Gasteiger partial charge in [0.2, 0.25) is 15.9 Å². The van der Waals surface area contributed by atoms with Crippen LogP contribution in [0, 0.1) is 11.7 Å². The van der Waals surface area contributed by atoms with E-state index in [4.69, 9.17) is 4.74 Å². The Hall–Kier alpha value is -2.99. The lowest BCUT2D eigenvalue weighted by Gasteiger charge is -2.29. The van der Waals surface area contributed by atoms with Crippen LogP contribution in [0.25, 0.3) is 0 Å². The SMILES string of the molecule is C=C[C@@H]1C[C@]1(NC(=O)[C@@H]1C[C@@](O)(c2ccc(F)cc2)CN1C(=O)OC(C)(C)C)C(=O)NS(=O)(=O)C1CC1. The topological polar surface area (TPSA) is 142 Å². The van der Waals surface area contributed by atoms with Gasteiger partial charge in [0.15, 0.2) is 0 Å². The average molecular weight is 538 g/mol. The molecule has 12 heteroatoms. The first-order chi connectivity index (χ1) is 17.1. The van der Waals surface area contributed by atoms with E-state index in [2.05, 4.69) is 16.6 Å². The van der Waals surface area contributed by atoms with E-state index in [1.165, 1.54) is 18.2 Å². The fraction of sp³-hybridized carbons (Fsp3) is 0.560. The quantitative estimate of drug-likeness (QED) is 0.450. The molecule has 37 heavy (non-hydrogen) atoms. The second kappa shape index (κ2) is 9.09. The molecule has 2 aliphatic carbocycles. The molecule has 3 amide bonds. The number of hydrogen-bond acceptors (Lipinski definition) is 7. The summed E-state index contributed by atoms with van der Waals surface area (Å²) in [6.07, 6.45) is 1.41. The maximum atomic E-state index is 13.5. The monoisotopic (exact) mass is 537 g/mol. The van der Waals surface area contributed by atoms with Crippen LogP contribution in [0.5, 0.6) is 0 Å². The number of hydrogen-bond donors (Lipinski definition) is 3. The zero-order valence-electron chi connectivity index (χ0n) is 21.0. The lowest BCUT2D eigenvalue weighted by Crippen LogP contribution is -2.56. The molecular formula is C25H32FN3O7S. The van der Waals surface area contributed by atoms with Crippen molar-refractivity contribution < 1.29 is 37.0 Å². The number of rotatable bonds is 7. The molecule has 4 atom stereocenters. The highest BCUT2D eigenvalue weighted by Gasteiger charge is 2.62. The molecule has 1 saturated heterocycles.